The first-order chi connectivity index (χ1) is 7.90. The van der Waals surface area contributed by atoms with Crippen LogP contribution in [0.15, 0.2) is 0 Å². The van der Waals surface area contributed by atoms with Gasteiger partial charge in [0.2, 0.25) is 0 Å². The Balaban J connectivity index is 2.63. The average Bonchev–Trinajstić information content (AvgIpc) is 2.20. The second-order valence-corrected chi connectivity index (χ2v) is 4.69. The SMILES string of the molecule is Cc1nc(C)c(COC(=O)CC(C)C)nc1C. The molecular formula is C13H20N2O2. The van der Waals surface area contributed by atoms with E-state index in [-0.39, 0.29) is 12.6 Å². The highest BCUT2D eigenvalue weighted by molar-refractivity contribution is 5.69. The summed E-state index contributed by atoms with van der Waals surface area (Å²) in [5.74, 6) is 0.133. The zero-order valence-corrected chi connectivity index (χ0v) is 11.2. The lowest BCUT2D eigenvalue weighted by Crippen LogP contribution is -2.10. The summed E-state index contributed by atoms with van der Waals surface area (Å²) < 4.78 is 5.17. The Bertz CT molecular complexity index is 414. The van der Waals surface area contributed by atoms with Gasteiger partial charge in [0.1, 0.15) is 6.61 Å². The molecule has 4 heteroatoms. The molecule has 0 spiro atoms. The third-order valence-corrected chi connectivity index (χ3v) is 2.52. The molecule has 0 aliphatic rings. The summed E-state index contributed by atoms with van der Waals surface area (Å²) in [6.45, 7) is 9.90. The Morgan fingerprint density at radius 3 is 2.29 bits per heavy atom. The van der Waals surface area contributed by atoms with Crippen LogP contribution in [0.4, 0.5) is 0 Å². The van der Waals surface area contributed by atoms with Gasteiger partial charge in [-0.3, -0.25) is 14.8 Å². The van der Waals surface area contributed by atoms with Crippen molar-refractivity contribution in [2.24, 2.45) is 5.92 Å². The lowest BCUT2D eigenvalue weighted by atomic mass is 10.1. The first-order valence-electron chi connectivity index (χ1n) is 5.86. The molecule has 17 heavy (non-hydrogen) atoms. The molecule has 0 aromatic carbocycles. The molecule has 0 amide bonds. The zero-order valence-electron chi connectivity index (χ0n) is 11.2. The van der Waals surface area contributed by atoms with E-state index in [9.17, 15) is 4.79 Å². The minimum atomic E-state index is -0.181. The zero-order chi connectivity index (χ0) is 13.0. The van der Waals surface area contributed by atoms with Crippen molar-refractivity contribution in [2.75, 3.05) is 0 Å². The summed E-state index contributed by atoms with van der Waals surface area (Å²) in [5.41, 5.74) is 3.36. The highest BCUT2D eigenvalue weighted by Crippen LogP contribution is 2.09. The monoisotopic (exact) mass is 236 g/mol. The van der Waals surface area contributed by atoms with E-state index >= 15 is 0 Å². The van der Waals surface area contributed by atoms with Gasteiger partial charge in [-0.15, -0.1) is 0 Å². The number of hydrogen-bond acceptors (Lipinski definition) is 4. The van der Waals surface area contributed by atoms with Crippen LogP contribution in [0.3, 0.4) is 0 Å². The van der Waals surface area contributed by atoms with E-state index in [1.165, 1.54) is 0 Å². The van der Waals surface area contributed by atoms with Crippen molar-refractivity contribution in [3.63, 3.8) is 0 Å². The first-order valence-corrected chi connectivity index (χ1v) is 5.86. The maximum absolute atomic E-state index is 11.4. The largest absolute Gasteiger partial charge is 0.459 e. The van der Waals surface area contributed by atoms with Crippen molar-refractivity contribution in [3.8, 4) is 0 Å². The minimum Gasteiger partial charge on any atom is -0.459 e. The highest BCUT2D eigenvalue weighted by Gasteiger charge is 2.10. The molecule has 0 saturated heterocycles. The Kier molecular flexibility index (Phi) is 4.61. The molecule has 0 fully saturated rings. The van der Waals surface area contributed by atoms with Crippen LogP contribution in [0, 0.1) is 26.7 Å². The number of aryl methyl sites for hydroxylation is 3. The molecule has 94 valence electrons. The number of ether oxygens (including phenoxy) is 1. The minimum absolute atomic E-state index is 0.181. The highest BCUT2D eigenvalue weighted by atomic mass is 16.5. The molecule has 1 aromatic heterocycles. The average molecular weight is 236 g/mol. The van der Waals surface area contributed by atoms with Crippen LogP contribution in [0.25, 0.3) is 0 Å². The molecule has 1 aromatic rings. The molecule has 4 nitrogen and oxygen atoms in total. The van der Waals surface area contributed by atoms with E-state index in [0.717, 1.165) is 22.8 Å². The second-order valence-electron chi connectivity index (χ2n) is 4.69. The lowest BCUT2D eigenvalue weighted by Gasteiger charge is -2.09. The maximum atomic E-state index is 11.4. The van der Waals surface area contributed by atoms with Crippen LogP contribution in [-0.4, -0.2) is 15.9 Å². The maximum Gasteiger partial charge on any atom is 0.306 e. The predicted molar refractivity (Wildman–Crippen MR) is 65.5 cm³/mol. The van der Waals surface area contributed by atoms with Crippen molar-refractivity contribution < 1.29 is 9.53 Å². The Morgan fingerprint density at radius 2 is 1.71 bits per heavy atom. The van der Waals surface area contributed by atoms with E-state index in [1.54, 1.807) is 0 Å². The molecule has 0 aliphatic heterocycles. The molecule has 0 bridgehead atoms. The number of esters is 1. The summed E-state index contributed by atoms with van der Waals surface area (Å²) in [7, 11) is 0. The molecular weight excluding hydrogens is 216 g/mol. The van der Waals surface area contributed by atoms with E-state index in [2.05, 4.69) is 9.97 Å². The number of rotatable bonds is 4. The normalized spacial score (nSPS) is 10.7. The van der Waals surface area contributed by atoms with Crippen molar-refractivity contribution in [3.05, 3.63) is 22.8 Å². The van der Waals surface area contributed by atoms with Crippen LogP contribution in [0.1, 0.15) is 43.0 Å². The Morgan fingerprint density at radius 1 is 1.12 bits per heavy atom. The summed E-state index contributed by atoms with van der Waals surface area (Å²) in [6.07, 6.45) is 0.442. The topological polar surface area (TPSA) is 52.1 Å². The van der Waals surface area contributed by atoms with Gasteiger partial charge < -0.3 is 4.74 Å². The van der Waals surface area contributed by atoms with Crippen molar-refractivity contribution >= 4 is 5.97 Å². The predicted octanol–water partition coefficient (Wildman–Crippen LogP) is 2.49. The fraction of sp³-hybridized carbons (Fsp3) is 0.615. The van der Waals surface area contributed by atoms with Gasteiger partial charge in [0.25, 0.3) is 0 Å². The number of hydrogen-bond donors (Lipinski definition) is 0. The fourth-order valence-corrected chi connectivity index (χ4v) is 1.44. The Hall–Kier alpha value is -1.45. The summed E-state index contributed by atoms with van der Waals surface area (Å²) in [5, 5.41) is 0. The summed E-state index contributed by atoms with van der Waals surface area (Å²) >= 11 is 0. The van der Waals surface area contributed by atoms with Gasteiger partial charge in [0, 0.05) is 6.42 Å². The molecule has 0 aliphatic carbocycles. The van der Waals surface area contributed by atoms with Gasteiger partial charge in [-0.05, 0) is 26.7 Å². The van der Waals surface area contributed by atoms with Crippen LogP contribution in [-0.2, 0) is 16.1 Å². The molecule has 0 N–H and O–H groups in total. The fourth-order valence-electron chi connectivity index (χ4n) is 1.44. The van der Waals surface area contributed by atoms with Gasteiger partial charge in [-0.25, -0.2) is 0 Å². The summed E-state index contributed by atoms with van der Waals surface area (Å²) in [4.78, 5) is 20.2. The van der Waals surface area contributed by atoms with Crippen LogP contribution in [0.2, 0.25) is 0 Å². The number of carbonyl (C=O) groups is 1. The van der Waals surface area contributed by atoms with E-state index in [0.29, 0.717) is 12.3 Å². The van der Waals surface area contributed by atoms with Crippen LogP contribution >= 0.6 is 0 Å². The number of aromatic nitrogens is 2. The van der Waals surface area contributed by atoms with Gasteiger partial charge >= 0.3 is 5.97 Å². The van der Waals surface area contributed by atoms with Crippen LogP contribution < -0.4 is 0 Å². The molecule has 1 heterocycles. The molecule has 0 atom stereocenters. The van der Waals surface area contributed by atoms with E-state index in [1.807, 2.05) is 34.6 Å². The van der Waals surface area contributed by atoms with Crippen LogP contribution in [0.5, 0.6) is 0 Å². The standard InChI is InChI=1S/C13H20N2O2/c1-8(2)6-13(16)17-7-12-11(5)14-9(3)10(4)15-12/h8H,6-7H2,1-5H3. The second kappa shape index (κ2) is 5.75. The lowest BCUT2D eigenvalue weighted by molar-refractivity contribution is -0.145. The first kappa shape index (κ1) is 13.6. The smallest absolute Gasteiger partial charge is 0.306 e. The van der Waals surface area contributed by atoms with Crippen molar-refractivity contribution in [2.45, 2.75) is 47.6 Å². The van der Waals surface area contributed by atoms with E-state index < -0.39 is 0 Å². The number of nitrogens with zero attached hydrogens (tertiary/aromatic N) is 2. The van der Waals surface area contributed by atoms with Crippen molar-refractivity contribution in [1.29, 1.82) is 0 Å². The number of carbonyl (C=O) groups excluding carboxylic acids is 1. The third-order valence-electron chi connectivity index (χ3n) is 2.52. The molecule has 1 rings (SSSR count). The summed E-state index contributed by atoms with van der Waals surface area (Å²) in [6, 6.07) is 0. The quantitative estimate of drug-likeness (QED) is 0.754. The van der Waals surface area contributed by atoms with Gasteiger partial charge in [-0.2, -0.15) is 0 Å². The van der Waals surface area contributed by atoms with Gasteiger partial charge in [0.05, 0.1) is 22.8 Å². The molecule has 0 unspecified atom stereocenters. The third kappa shape index (κ3) is 4.13. The molecule has 0 saturated carbocycles. The molecule has 0 radical (unpaired) electrons. The van der Waals surface area contributed by atoms with E-state index in [4.69, 9.17) is 4.74 Å². The van der Waals surface area contributed by atoms with Gasteiger partial charge in [-0.1, -0.05) is 13.8 Å². The van der Waals surface area contributed by atoms with Crippen molar-refractivity contribution in [1.82, 2.24) is 9.97 Å². The Labute approximate surface area is 102 Å². The van der Waals surface area contributed by atoms with Gasteiger partial charge in [0.15, 0.2) is 0 Å².